The summed E-state index contributed by atoms with van der Waals surface area (Å²) in [5.74, 6) is 1.26. The molecule has 5 nitrogen and oxygen atoms in total. The molecule has 2 aliphatic rings. The molecule has 0 bridgehead atoms. The van der Waals surface area contributed by atoms with Crippen LogP contribution in [0, 0.1) is 0 Å². The molecule has 0 amide bonds. The van der Waals surface area contributed by atoms with Gasteiger partial charge in [-0.15, -0.1) is 0 Å². The molecule has 3 rings (SSSR count). The van der Waals surface area contributed by atoms with Crippen LogP contribution in [0.4, 0.5) is 0 Å². The van der Waals surface area contributed by atoms with E-state index in [-0.39, 0.29) is 5.97 Å². The third-order valence-electron chi connectivity index (χ3n) is 7.15. The number of fused-ring (bicyclic) bond motifs is 1. The smallest absolute Gasteiger partial charge is 0.338 e. The lowest BCUT2D eigenvalue weighted by Crippen LogP contribution is -2.05. The van der Waals surface area contributed by atoms with Crippen molar-refractivity contribution in [2.75, 3.05) is 13.2 Å². The SMILES string of the molecule is CCCCCCCCCCOc1ccc(-c2nc3ccc(C(=O)OCCCCCCCCC)ccc-3n2)cc1. The molecule has 0 spiro atoms. The standard InChI is InChI=1S/C34H48N2O3/c1-3-5-7-9-11-13-14-16-26-38-30-22-18-28(19-23-30)33-35-31-24-20-29(21-25-32(31)36-33)34(37)39-27-17-15-12-10-8-6-4-2/h18-25H,3-17,26-27H2,1-2H3. The molecule has 0 fully saturated rings. The number of imidazole rings is 1. The molecule has 1 aliphatic heterocycles. The van der Waals surface area contributed by atoms with Crippen LogP contribution in [0.15, 0.2) is 48.5 Å². The van der Waals surface area contributed by atoms with Crippen molar-refractivity contribution < 1.29 is 14.3 Å². The zero-order valence-corrected chi connectivity index (χ0v) is 24.3. The lowest BCUT2D eigenvalue weighted by atomic mass is 10.1. The summed E-state index contributed by atoms with van der Waals surface area (Å²) in [6.07, 6.45) is 18.7. The van der Waals surface area contributed by atoms with Crippen LogP contribution < -0.4 is 4.74 Å². The minimum atomic E-state index is -0.290. The summed E-state index contributed by atoms with van der Waals surface area (Å²) in [4.78, 5) is 21.9. The van der Waals surface area contributed by atoms with Gasteiger partial charge in [-0.2, -0.15) is 0 Å². The van der Waals surface area contributed by atoms with Crippen LogP contribution in [-0.4, -0.2) is 29.2 Å². The van der Waals surface area contributed by atoms with Crippen molar-refractivity contribution in [3.05, 3.63) is 54.1 Å². The van der Waals surface area contributed by atoms with E-state index in [2.05, 4.69) is 23.8 Å². The summed E-state index contributed by atoms with van der Waals surface area (Å²) in [5.41, 5.74) is 2.98. The Balaban J connectivity index is 1.41. The average molecular weight is 533 g/mol. The summed E-state index contributed by atoms with van der Waals surface area (Å²) in [6, 6.07) is 15.2. The summed E-state index contributed by atoms with van der Waals surface area (Å²) in [5, 5.41) is 0. The van der Waals surface area contributed by atoms with Crippen molar-refractivity contribution in [1.29, 1.82) is 0 Å². The predicted molar refractivity (Wildman–Crippen MR) is 160 cm³/mol. The first-order valence-electron chi connectivity index (χ1n) is 15.4. The van der Waals surface area contributed by atoms with Gasteiger partial charge in [-0.1, -0.05) is 97.3 Å². The second kappa shape index (κ2) is 18.4. The second-order valence-electron chi connectivity index (χ2n) is 10.5. The minimum absolute atomic E-state index is 0.290. The maximum absolute atomic E-state index is 12.5. The van der Waals surface area contributed by atoms with E-state index in [1.165, 1.54) is 77.0 Å². The van der Waals surface area contributed by atoms with Crippen LogP contribution in [0.2, 0.25) is 0 Å². The van der Waals surface area contributed by atoms with Gasteiger partial charge in [0.25, 0.3) is 0 Å². The zero-order valence-electron chi connectivity index (χ0n) is 24.3. The number of carbonyl (C=O) groups is 1. The summed E-state index contributed by atoms with van der Waals surface area (Å²) in [6.45, 7) is 5.71. The molecule has 1 aromatic carbocycles. The monoisotopic (exact) mass is 532 g/mol. The molecule has 0 N–H and O–H groups in total. The Hall–Kier alpha value is -2.95. The molecule has 1 heterocycles. The Labute approximate surface area is 236 Å². The number of nitrogens with zero attached hydrogens (tertiary/aromatic N) is 2. The molecule has 0 saturated heterocycles. The second-order valence-corrected chi connectivity index (χ2v) is 10.5. The van der Waals surface area contributed by atoms with E-state index in [0.717, 1.165) is 48.6 Å². The fourth-order valence-electron chi connectivity index (χ4n) is 4.70. The predicted octanol–water partition coefficient (Wildman–Crippen LogP) is 9.68. The number of unbranched alkanes of at least 4 members (excludes halogenated alkanes) is 13. The van der Waals surface area contributed by atoms with Gasteiger partial charge in [0.15, 0.2) is 5.82 Å². The molecule has 0 unspecified atom stereocenters. The Bertz CT molecular complexity index is 1020. The van der Waals surface area contributed by atoms with Crippen molar-refractivity contribution in [3.8, 4) is 28.5 Å². The molecule has 212 valence electrons. The molecule has 1 aliphatic carbocycles. The van der Waals surface area contributed by atoms with Gasteiger partial charge in [0.1, 0.15) is 5.75 Å². The van der Waals surface area contributed by atoms with Crippen molar-refractivity contribution >= 4 is 5.97 Å². The zero-order chi connectivity index (χ0) is 27.5. The minimum Gasteiger partial charge on any atom is -0.494 e. The molecular weight excluding hydrogens is 484 g/mol. The van der Waals surface area contributed by atoms with Crippen molar-refractivity contribution in [1.82, 2.24) is 9.97 Å². The summed E-state index contributed by atoms with van der Waals surface area (Å²) >= 11 is 0. The van der Waals surface area contributed by atoms with E-state index in [9.17, 15) is 4.79 Å². The molecule has 0 atom stereocenters. The van der Waals surface area contributed by atoms with E-state index in [4.69, 9.17) is 9.47 Å². The number of hydrogen-bond acceptors (Lipinski definition) is 5. The Morgan fingerprint density at radius 3 is 1.62 bits per heavy atom. The van der Waals surface area contributed by atoms with Gasteiger partial charge in [0.2, 0.25) is 0 Å². The van der Waals surface area contributed by atoms with Crippen LogP contribution in [0.3, 0.4) is 0 Å². The number of rotatable bonds is 20. The summed E-state index contributed by atoms with van der Waals surface area (Å²) < 4.78 is 11.4. The normalized spacial score (nSPS) is 11.1. The largest absolute Gasteiger partial charge is 0.494 e. The molecule has 1 aromatic rings. The lowest BCUT2D eigenvalue weighted by Gasteiger charge is -2.06. The Morgan fingerprint density at radius 2 is 1.08 bits per heavy atom. The van der Waals surface area contributed by atoms with E-state index < -0.39 is 0 Å². The van der Waals surface area contributed by atoms with Crippen LogP contribution >= 0.6 is 0 Å². The first-order valence-corrected chi connectivity index (χ1v) is 15.4. The molecular formula is C34H48N2O3. The fraction of sp³-hybridized carbons (Fsp3) is 0.559. The molecule has 5 heteroatoms. The number of hydrogen-bond donors (Lipinski definition) is 0. The first kappa shape index (κ1) is 30.6. The third kappa shape index (κ3) is 11.4. The van der Waals surface area contributed by atoms with Gasteiger partial charge in [0, 0.05) is 5.56 Å². The van der Waals surface area contributed by atoms with Crippen molar-refractivity contribution in [2.45, 2.75) is 110 Å². The molecule has 39 heavy (non-hydrogen) atoms. The first-order chi connectivity index (χ1) is 19.2. The highest BCUT2D eigenvalue weighted by molar-refractivity contribution is 5.89. The van der Waals surface area contributed by atoms with E-state index in [1.54, 1.807) is 12.1 Å². The van der Waals surface area contributed by atoms with E-state index in [0.29, 0.717) is 18.0 Å². The molecule has 0 aromatic heterocycles. The highest BCUT2D eigenvalue weighted by Crippen LogP contribution is 2.26. The van der Waals surface area contributed by atoms with Crippen LogP contribution in [0.5, 0.6) is 5.75 Å². The van der Waals surface area contributed by atoms with Gasteiger partial charge < -0.3 is 9.47 Å². The van der Waals surface area contributed by atoms with Gasteiger partial charge in [-0.05, 0) is 61.4 Å². The van der Waals surface area contributed by atoms with Crippen molar-refractivity contribution in [2.24, 2.45) is 0 Å². The number of esters is 1. The van der Waals surface area contributed by atoms with Gasteiger partial charge in [-0.25, -0.2) is 14.8 Å². The van der Waals surface area contributed by atoms with Gasteiger partial charge in [0.05, 0.1) is 30.2 Å². The fourth-order valence-corrected chi connectivity index (χ4v) is 4.70. The number of ether oxygens (including phenoxy) is 2. The highest BCUT2D eigenvalue weighted by atomic mass is 16.5. The van der Waals surface area contributed by atoms with E-state index in [1.807, 2.05) is 36.4 Å². The maximum Gasteiger partial charge on any atom is 0.338 e. The number of carbonyl (C=O) groups excluding carboxylic acids is 1. The van der Waals surface area contributed by atoms with Crippen molar-refractivity contribution in [3.63, 3.8) is 0 Å². The van der Waals surface area contributed by atoms with Gasteiger partial charge in [-0.3, -0.25) is 0 Å². The van der Waals surface area contributed by atoms with Gasteiger partial charge >= 0.3 is 5.97 Å². The number of benzene rings is 1. The maximum atomic E-state index is 12.5. The quantitative estimate of drug-likeness (QED) is 0.107. The highest BCUT2D eigenvalue weighted by Gasteiger charge is 2.13. The van der Waals surface area contributed by atoms with Crippen LogP contribution in [0.25, 0.3) is 22.8 Å². The Morgan fingerprint density at radius 1 is 0.590 bits per heavy atom. The summed E-state index contributed by atoms with van der Waals surface area (Å²) in [7, 11) is 0. The van der Waals surface area contributed by atoms with Crippen LogP contribution in [-0.2, 0) is 4.74 Å². The topological polar surface area (TPSA) is 61.3 Å². The average Bonchev–Trinajstić information content (AvgIpc) is 3.26. The molecule has 0 radical (unpaired) electrons. The molecule has 0 saturated carbocycles. The lowest BCUT2D eigenvalue weighted by molar-refractivity contribution is 0.0498. The Kier molecular flexibility index (Phi) is 14.4. The van der Waals surface area contributed by atoms with Crippen LogP contribution in [0.1, 0.15) is 121 Å². The third-order valence-corrected chi connectivity index (χ3v) is 7.15. The number of aromatic nitrogens is 2. The van der Waals surface area contributed by atoms with E-state index >= 15 is 0 Å².